The van der Waals surface area contributed by atoms with Gasteiger partial charge in [0.2, 0.25) is 0 Å². The summed E-state index contributed by atoms with van der Waals surface area (Å²) in [6, 6.07) is 10.1. The van der Waals surface area contributed by atoms with E-state index in [0.717, 1.165) is 68.2 Å². The second kappa shape index (κ2) is 15.5. The van der Waals surface area contributed by atoms with Crippen molar-refractivity contribution in [3.8, 4) is 11.5 Å². The summed E-state index contributed by atoms with van der Waals surface area (Å²) in [4.78, 5) is 26.7. The molecule has 0 saturated carbocycles. The molecule has 4 atom stereocenters. The van der Waals surface area contributed by atoms with Crippen LogP contribution in [0.5, 0.6) is 11.5 Å². The number of hydrogen-bond donors (Lipinski definition) is 1. The van der Waals surface area contributed by atoms with Crippen LogP contribution in [0.4, 0.5) is 13.2 Å². The quantitative estimate of drug-likeness (QED) is 0.154. The largest absolute Gasteiger partial charge is 0.508 e. The average Bonchev–Trinajstić information content (AvgIpc) is 2.97. The number of ether oxygens (including phenoxy) is 3. The van der Waals surface area contributed by atoms with Gasteiger partial charge < -0.3 is 19.3 Å². The zero-order valence-electron chi connectivity index (χ0n) is 28.1. The van der Waals surface area contributed by atoms with Gasteiger partial charge in [-0.25, -0.2) is 4.79 Å². The minimum absolute atomic E-state index is 0.0989. The van der Waals surface area contributed by atoms with Crippen LogP contribution in [0.1, 0.15) is 96.3 Å². The monoisotopic (exact) mass is 646 g/mol. The van der Waals surface area contributed by atoms with Crippen molar-refractivity contribution in [3.63, 3.8) is 0 Å². The smallest absolute Gasteiger partial charge is 0.432 e. The number of phenols is 1. The fraction of sp³-hybridized carbons (Fsp3) is 0.568. The van der Waals surface area contributed by atoms with E-state index in [0.29, 0.717) is 12.8 Å². The van der Waals surface area contributed by atoms with Gasteiger partial charge in [0, 0.05) is 18.6 Å². The summed E-state index contributed by atoms with van der Waals surface area (Å²) in [6.45, 7) is 11.5. The van der Waals surface area contributed by atoms with E-state index in [-0.39, 0.29) is 23.7 Å². The molecular formula is C37H49F3O6. The number of carbonyl (C=O) groups excluding carboxylic acids is 2. The molecule has 3 rings (SSSR count). The van der Waals surface area contributed by atoms with E-state index in [1.165, 1.54) is 23.8 Å². The minimum Gasteiger partial charge on any atom is -0.508 e. The van der Waals surface area contributed by atoms with E-state index >= 15 is 0 Å². The van der Waals surface area contributed by atoms with Crippen LogP contribution in [0, 0.1) is 18.8 Å². The molecule has 0 aliphatic carbocycles. The van der Waals surface area contributed by atoms with Crippen LogP contribution in [-0.2, 0) is 31.1 Å². The molecule has 2 aromatic carbocycles. The van der Waals surface area contributed by atoms with Gasteiger partial charge >= 0.3 is 12.1 Å². The van der Waals surface area contributed by atoms with Crippen LogP contribution in [0.25, 0.3) is 0 Å². The Hall–Kier alpha value is -3.33. The van der Waals surface area contributed by atoms with Crippen LogP contribution >= 0.6 is 0 Å². The number of ketones is 1. The number of esters is 1. The summed E-state index contributed by atoms with van der Waals surface area (Å²) in [5.41, 5.74) is -0.919. The van der Waals surface area contributed by atoms with E-state index in [1.807, 2.05) is 27.7 Å². The first-order chi connectivity index (χ1) is 21.5. The molecule has 1 N–H and O–H groups in total. The molecule has 0 spiro atoms. The molecule has 1 unspecified atom stereocenters. The maximum absolute atomic E-state index is 14.4. The van der Waals surface area contributed by atoms with Gasteiger partial charge in [0.15, 0.2) is 11.9 Å². The highest BCUT2D eigenvalue weighted by Crippen LogP contribution is 2.44. The van der Waals surface area contributed by atoms with Crippen molar-refractivity contribution in [2.45, 2.75) is 116 Å². The number of aryl methyl sites for hydroxylation is 2. The van der Waals surface area contributed by atoms with Crippen molar-refractivity contribution in [1.82, 2.24) is 0 Å². The van der Waals surface area contributed by atoms with Crippen molar-refractivity contribution in [2.24, 2.45) is 11.8 Å². The Bertz CT molecular complexity index is 1370. The lowest BCUT2D eigenvalue weighted by Gasteiger charge is -2.36. The van der Waals surface area contributed by atoms with Crippen molar-refractivity contribution < 1.29 is 42.1 Å². The third kappa shape index (κ3) is 8.93. The van der Waals surface area contributed by atoms with Crippen molar-refractivity contribution in [1.29, 1.82) is 0 Å². The van der Waals surface area contributed by atoms with E-state index in [1.54, 1.807) is 19.1 Å². The Balaban J connectivity index is 1.58. The normalized spacial score (nSPS) is 19.5. The molecule has 254 valence electrons. The fourth-order valence-corrected chi connectivity index (χ4v) is 6.15. The molecule has 6 nitrogen and oxygen atoms in total. The molecule has 0 radical (unpaired) electrons. The molecule has 0 amide bonds. The van der Waals surface area contributed by atoms with Crippen LogP contribution in [0.3, 0.4) is 0 Å². The first kappa shape index (κ1) is 37.1. The summed E-state index contributed by atoms with van der Waals surface area (Å²) in [5.74, 6) is -1.54. The Morgan fingerprint density at radius 2 is 1.80 bits per heavy atom. The predicted molar refractivity (Wildman–Crippen MR) is 172 cm³/mol. The number of allylic oxidation sites excluding steroid dienone is 2. The van der Waals surface area contributed by atoms with Gasteiger partial charge in [0.05, 0.1) is 0 Å². The van der Waals surface area contributed by atoms with Crippen LogP contribution < -0.4 is 4.74 Å². The van der Waals surface area contributed by atoms with Gasteiger partial charge in [-0.05, 0) is 101 Å². The number of halogens is 3. The number of alkyl halides is 3. The second-order valence-corrected chi connectivity index (χ2v) is 13.4. The van der Waals surface area contributed by atoms with Gasteiger partial charge in [-0.1, -0.05) is 62.8 Å². The summed E-state index contributed by atoms with van der Waals surface area (Å²) in [6.07, 6.45) is 1.20. The van der Waals surface area contributed by atoms with E-state index in [4.69, 9.17) is 14.2 Å². The lowest BCUT2D eigenvalue weighted by molar-refractivity contribution is -0.278. The number of Topliss-reactive ketones (excluding diaryl/α,β-unsaturated/α-hetero) is 1. The lowest BCUT2D eigenvalue weighted by Crippen LogP contribution is -2.53. The van der Waals surface area contributed by atoms with Gasteiger partial charge in [-0.3, -0.25) is 4.79 Å². The van der Waals surface area contributed by atoms with E-state index < -0.39 is 41.1 Å². The maximum atomic E-state index is 14.4. The number of benzene rings is 2. The second-order valence-electron chi connectivity index (χ2n) is 13.4. The van der Waals surface area contributed by atoms with Gasteiger partial charge in [0.1, 0.15) is 17.1 Å². The zero-order valence-corrected chi connectivity index (χ0v) is 28.1. The standard InChI is InChI=1S/C37H49F3O6/c1-24(2)21-31(45-34(43)36(44-7,37(38,39)40)29-16-9-8-10-17-29)32(42)26(4)15-11-13-25(3)14-12-19-35(6)20-18-28-23-30(41)22-27(5)33(28)46-35/h8-10,14,16-17,22-24,26,31,41H,11-13,15,18-21H2,1-7H3/b25-14+/t26?,31-,35+,36+/m0/s1. The Morgan fingerprint density at radius 3 is 2.41 bits per heavy atom. The van der Waals surface area contributed by atoms with E-state index in [2.05, 4.69) is 13.0 Å². The molecule has 1 aliphatic rings. The molecular weight excluding hydrogens is 597 g/mol. The van der Waals surface area contributed by atoms with E-state index in [9.17, 15) is 27.9 Å². The topological polar surface area (TPSA) is 82.1 Å². The lowest BCUT2D eigenvalue weighted by atomic mass is 9.87. The van der Waals surface area contributed by atoms with Gasteiger partial charge in [-0.2, -0.15) is 13.2 Å². The highest BCUT2D eigenvalue weighted by molar-refractivity contribution is 5.90. The minimum atomic E-state index is -5.12. The fourth-order valence-electron chi connectivity index (χ4n) is 6.15. The highest BCUT2D eigenvalue weighted by Gasteiger charge is 2.64. The number of aromatic hydroxyl groups is 1. The zero-order chi connectivity index (χ0) is 34.3. The van der Waals surface area contributed by atoms with Gasteiger partial charge in [-0.15, -0.1) is 0 Å². The average molecular weight is 647 g/mol. The van der Waals surface area contributed by atoms with Gasteiger partial charge in [0.25, 0.3) is 5.60 Å². The first-order valence-corrected chi connectivity index (χ1v) is 16.1. The molecule has 0 bridgehead atoms. The SMILES string of the molecule is CO[C@@](C(=O)O[C@@H](CC(C)C)C(=O)C(C)CCC/C(C)=C/CC[C@]1(C)CCc2cc(O)cc(C)c2O1)(c1ccccc1)C(F)(F)F. The van der Waals surface area contributed by atoms with Crippen LogP contribution in [0.15, 0.2) is 54.1 Å². The summed E-state index contributed by atoms with van der Waals surface area (Å²) in [7, 11) is 0.814. The number of methoxy groups -OCH3 is 1. The third-order valence-electron chi connectivity index (χ3n) is 8.89. The third-order valence-corrected chi connectivity index (χ3v) is 8.89. The molecule has 1 aliphatic heterocycles. The molecule has 46 heavy (non-hydrogen) atoms. The summed E-state index contributed by atoms with van der Waals surface area (Å²) >= 11 is 0. The highest BCUT2D eigenvalue weighted by atomic mass is 19.4. The number of rotatable bonds is 15. The number of carbonyl (C=O) groups is 2. The van der Waals surface area contributed by atoms with Crippen molar-refractivity contribution >= 4 is 11.8 Å². The van der Waals surface area contributed by atoms with Crippen molar-refractivity contribution in [3.05, 3.63) is 70.8 Å². The molecule has 0 fully saturated rings. The van der Waals surface area contributed by atoms with Crippen LogP contribution in [-0.4, -0.2) is 41.9 Å². The first-order valence-electron chi connectivity index (χ1n) is 16.1. The number of hydrogen-bond acceptors (Lipinski definition) is 6. The molecule has 2 aromatic rings. The Labute approximate surface area is 271 Å². The number of phenolic OH excluding ortho intramolecular Hbond substituents is 1. The maximum Gasteiger partial charge on any atom is 0.432 e. The molecule has 9 heteroatoms. The Morgan fingerprint density at radius 1 is 1.13 bits per heavy atom. The molecule has 0 aromatic heterocycles. The molecule has 0 saturated heterocycles. The predicted octanol–water partition coefficient (Wildman–Crippen LogP) is 8.95. The summed E-state index contributed by atoms with van der Waals surface area (Å²) < 4.78 is 59.8. The summed E-state index contributed by atoms with van der Waals surface area (Å²) in [5, 5.41) is 9.89. The van der Waals surface area contributed by atoms with Crippen molar-refractivity contribution in [2.75, 3.05) is 7.11 Å². The van der Waals surface area contributed by atoms with Crippen LogP contribution in [0.2, 0.25) is 0 Å². The number of fused-ring (bicyclic) bond motifs is 1. The Kier molecular flexibility index (Phi) is 12.5. The molecule has 1 heterocycles.